The molecular weight excluding hydrogens is 362 g/mol. The van der Waals surface area contributed by atoms with Crippen LogP contribution in [0.1, 0.15) is 30.0 Å². The molecule has 2 aromatic rings. The van der Waals surface area contributed by atoms with Gasteiger partial charge in [0.05, 0.1) is 0 Å². The van der Waals surface area contributed by atoms with Crippen LogP contribution in [0.4, 0.5) is 0 Å². The number of nitrogens with zero attached hydrogens (tertiary/aromatic N) is 1. The van der Waals surface area contributed by atoms with Gasteiger partial charge in [-0.05, 0) is 49.9 Å². The van der Waals surface area contributed by atoms with E-state index >= 15 is 0 Å². The average Bonchev–Trinajstić information content (AvgIpc) is 3.19. The number of carboxylic acids is 1. The molecule has 1 aliphatic heterocycles. The van der Waals surface area contributed by atoms with Crippen LogP contribution in [0.25, 0.3) is 0 Å². The van der Waals surface area contributed by atoms with Crippen LogP contribution in [0.3, 0.4) is 0 Å². The molecule has 1 saturated heterocycles. The normalized spacial score (nSPS) is 25.1. The van der Waals surface area contributed by atoms with E-state index in [1.165, 1.54) is 24.5 Å². The molecule has 3 unspecified atom stereocenters. The summed E-state index contributed by atoms with van der Waals surface area (Å²) in [5.41, 5.74) is 3.94. The van der Waals surface area contributed by atoms with Crippen LogP contribution in [-0.2, 0) is 16.8 Å². The molecule has 5 heteroatoms. The number of fused-ring (bicyclic) bond motifs is 1. The van der Waals surface area contributed by atoms with Gasteiger partial charge in [0.25, 0.3) is 0 Å². The Hall–Kier alpha value is -2.04. The molecule has 0 aromatic heterocycles. The third kappa shape index (κ3) is 3.56. The summed E-state index contributed by atoms with van der Waals surface area (Å²) in [6.45, 7) is 6.44. The van der Waals surface area contributed by atoms with Gasteiger partial charge in [-0.15, -0.1) is 0 Å². The highest BCUT2D eigenvalue weighted by Gasteiger charge is 2.60. The van der Waals surface area contributed by atoms with Crippen molar-refractivity contribution < 1.29 is 14.6 Å². The van der Waals surface area contributed by atoms with E-state index in [0.717, 1.165) is 18.7 Å². The highest BCUT2D eigenvalue weighted by atomic mass is 35.5. The molecule has 2 aromatic carbocycles. The van der Waals surface area contributed by atoms with Crippen LogP contribution in [0.15, 0.2) is 42.5 Å². The van der Waals surface area contributed by atoms with Crippen molar-refractivity contribution in [1.29, 1.82) is 0 Å². The maximum Gasteiger partial charge on any atom is 0.344 e. The molecule has 2 fully saturated rings. The zero-order valence-electron chi connectivity index (χ0n) is 15.6. The lowest BCUT2D eigenvalue weighted by atomic mass is 9.94. The van der Waals surface area contributed by atoms with E-state index in [0.29, 0.717) is 23.2 Å². The number of aryl methyl sites for hydroxylation is 1. The molecule has 0 bridgehead atoms. The number of carbonyl (C=O) groups is 1. The molecule has 1 heterocycles. The van der Waals surface area contributed by atoms with Crippen molar-refractivity contribution in [2.75, 3.05) is 13.1 Å². The zero-order chi connectivity index (χ0) is 19.2. The summed E-state index contributed by atoms with van der Waals surface area (Å²) in [4.78, 5) is 13.6. The van der Waals surface area contributed by atoms with Crippen LogP contribution in [-0.4, -0.2) is 35.2 Å². The number of ether oxygens (including phenoxy) is 1. The molecule has 4 nitrogen and oxygen atoms in total. The number of benzene rings is 2. The Morgan fingerprint density at radius 2 is 2.07 bits per heavy atom. The van der Waals surface area contributed by atoms with Crippen molar-refractivity contribution in [1.82, 2.24) is 4.90 Å². The number of halogens is 1. The van der Waals surface area contributed by atoms with E-state index in [2.05, 4.69) is 36.1 Å². The monoisotopic (exact) mass is 385 g/mol. The number of rotatable bonds is 6. The molecule has 3 atom stereocenters. The first-order valence-electron chi connectivity index (χ1n) is 9.35. The number of likely N-dealkylation sites (tertiary alicyclic amines) is 1. The minimum atomic E-state index is -0.975. The second-order valence-corrected chi connectivity index (χ2v) is 8.38. The lowest BCUT2D eigenvalue weighted by Gasteiger charge is -2.23. The molecule has 2 aliphatic rings. The zero-order valence-corrected chi connectivity index (χ0v) is 16.4. The van der Waals surface area contributed by atoms with Gasteiger partial charge in [-0.1, -0.05) is 41.4 Å². The van der Waals surface area contributed by atoms with Crippen molar-refractivity contribution >= 4 is 17.6 Å². The van der Waals surface area contributed by atoms with Gasteiger partial charge in [0.15, 0.2) is 6.10 Å². The van der Waals surface area contributed by atoms with Gasteiger partial charge in [-0.25, -0.2) is 4.79 Å². The van der Waals surface area contributed by atoms with Crippen LogP contribution >= 0.6 is 11.6 Å². The first-order valence-corrected chi connectivity index (χ1v) is 9.72. The third-order valence-electron chi connectivity index (χ3n) is 5.91. The van der Waals surface area contributed by atoms with Gasteiger partial charge in [-0.3, -0.25) is 4.90 Å². The minimum Gasteiger partial charge on any atom is -0.479 e. The largest absolute Gasteiger partial charge is 0.479 e. The van der Waals surface area contributed by atoms with Gasteiger partial charge < -0.3 is 9.84 Å². The number of aliphatic carboxylic acids is 1. The Kier molecular flexibility index (Phi) is 4.65. The fraction of sp³-hybridized carbons (Fsp3) is 0.409. The first kappa shape index (κ1) is 18.3. The van der Waals surface area contributed by atoms with Gasteiger partial charge >= 0.3 is 5.97 Å². The highest BCUT2D eigenvalue weighted by molar-refractivity contribution is 6.30. The quantitative estimate of drug-likeness (QED) is 0.806. The molecule has 0 spiro atoms. The number of hydrogen-bond acceptors (Lipinski definition) is 3. The molecular formula is C22H24ClNO3. The van der Waals surface area contributed by atoms with Crippen LogP contribution in [0, 0.1) is 12.8 Å². The molecule has 1 saturated carbocycles. The Morgan fingerprint density at radius 1 is 1.33 bits per heavy atom. The summed E-state index contributed by atoms with van der Waals surface area (Å²) in [6, 6.07) is 14.3. The summed E-state index contributed by atoms with van der Waals surface area (Å²) in [7, 11) is 0. The summed E-state index contributed by atoms with van der Waals surface area (Å²) in [6.07, 6.45) is 0.359. The third-order valence-corrected chi connectivity index (χ3v) is 6.15. The van der Waals surface area contributed by atoms with Crippen molar-refractivity contribution in [2.24, 2.45) is 5.92 Å². The first-order chi connectivity index (χ1) is 12.9. The highest BCUT2D eigenvalue weighted by Crippen LogP contribution is 2.59. The molecule has 27 heavy (non-hydrogen) atoms. The summed E-state index contributed by atoms with van der Waals surface area (Å²) < 4.78 is 5.65. The van der Waals surface area contributed by atoms with Gasteiger partial charge in [0, 0.05) is 35.6 Å². The predicted molar refractivity (Wildman–Crippen MR) is 105 cm³/mol. The maximum atomic E-state index is 11.1. The second kappa shape index (κ2) is 6.84. The average molecular weight is 386 g/mol. The SMILES string of the molecule is Cc1ccc(C23CC2CN(Cc2cc(Cl)ccc2OC(C)C(=O)O)C3)cc1. The minimum absolute atomic E-state index is 0.279. The van der Waals surface area contributed by atoms with E-state index in [4.69, 9.17) is 21.4 Å². The van der Waals surface area contributed by atoms with Gasteiger partial charge in [0.1, 0.15) is 5.75 Å². The molecule has 4 rings (SSSR count). The number of piperidine rings is 1. The fourth-order valence-electron chi connectivity index (χ4n) is 4.31. The molecule has 0 amide bonds. The Morgan fingerprint density at radius 3 is 2.78 bits per heavy atom. The van der Waals surface area contributed by atoms with Crippen molar-refractivity contribution in [3.63, 3.8) is 0 Å². The van der Waals surface area contributed by atoms with Crippen LogP contribution in [0.2, 0.25) is 5.02 Å². The van der Waals surface area contributed by atoms with Crippen molar-refractivity contribution in [3.8, 4) is 5.75 Å². The van der Waals surface area contributed by atoms with E-state index in [1.807, 2.05) is 6.07 Å². The van der Waals surface area contributed by atoms with Crippen LogP contribution < -0.4 is 4.74 Å². The Bertz CT molecular complexity index is 866. The summed E-state index contributed by atoms with van der Waals surface area (Å²) >= 11 is 6.19. The molecule has 1 N–H and O–H groups in total. The smallest absolute Gasteiger partial charge is 0.344 e. The fourth-order valence-corrected chi connectivity index (χ4v) is 4.50. The lowest BCUT2D eigenvalue weighted by molar-refractivity contribution is -0.144. The van der Waals surface area contributed by atoms with Crippen molar-refractivity contribution in [3.05, 3.63) is 64.2 Å². The van der Waals surface area contributed by atoms with E-state index in [1.54, 1.807) is 12.1 Å². The summed E-state index contributed by atoms with van der Waals surface area (Å²) in [5.74, 6) is 0.317. The van der Waals surface area contributed by atoms with E-state index in [9.17, 15) is 4.79 Å². The summed E-state index contributed by atoms with van der Waals surface area (Å²) in [5, 5.41) is 9.77. The van der Waals surface area contributed by atoms with Crippen LogP contribution in [0.5, 0.6) is 5.75 Å². The standard InChI is InChI=1S/C22H24ClNO3/c1-14-3-5-17(6-4-14)22-10-18(22)12-24(13-22)11-16-9-19(23)7-8-20(16)27-15(2)21(25)26/h3-9,15,18H,10-13H2,1-2H3,(H,25,26). The van der Waals surface area contributed by atoms with Crippen molar-refractivity contribution in [2.45, 2.75) is 38.3 Å². The lowest BCUT2D eigenvalue weighted by Crippen LogP contribution is -2.27. The number of carboxylic acid groups (broad SMARTS) is 1. The molecule has 142 valence electrons. The maximum absolute atomic E-state index is 11.1. The topological polar surface area (TPSA) is 49.8 Å². The Labute approximate surface area is 164 Å². The Balaban J connectivity index is 1.50. The van der Waals surface area contributed by atoms with Gasteiger partial charge in [0.2, 0.25) is 0 Å². The second-order valence-electron chi connectivity index (χ2n) is 7.94. The predicted octanol–water partition coefficient (Wildman–Crippen LogP) is 4.27. The molecule has 1 aliphatic carbocycles. The van der Waals surface area contributed by atoms with E-state index < -0.39 is 12.1 Å². The van der Waals surface area contributed by atoms with Gasteiger partial charge in [-0.2, -0.15) is 0 Å². The number of hydrogen-bond donors (Lipinski definition) is 1. The van der Waals surface area contributed by atoms with E-state index in [-0.39, 0.29) is 5.41 Å². The molecule has 0 radical (unpaired) electrons.